The molecule has 0 unspecified atom stereocenters. The monoisotopic (exact) mass is 396 g/mol. The zero-order valence-electron chi connectivity index (χ0n) is 13.5. The van der Waals surface area contributed by atoms with Crippen LogP contribution < -0.4 is 10.6 Å². The largest absolute Gasteiger partial charge is 0.370 e. The molecule has 1 aliphatic rings. The number of para-hydroxylation sites is 1. The van der Waals surface area contributed by atoms with Crippen molar-refractivity contribution in [3.05, 3.63) is 64.8 Å². The van der Waals surface area contributed by atoms with Crippen LogP contribution >= 0.6 is 15.9 Å². The molecule has 5 nitrogen and oxygen atoms in total. The summed E-state index contributed by atoms with van der Waals surface area (Å²) >= 11 is 3.52. The van der Waals surface area contributed by atoms with Gasteiger partial charge in [0.15, 0.2) is 0 Å². The summed E-state index contributed by atoms with van der Waals surface area (Å²) in [5.41, 5.74) is 2.45. The number of carbonyl (C=O) groups is 1. The van der Waals surface area contributed by atoms with Gasteiger partial charge in [-0.25, -0.2) is 0 Å². The molecule has 3 aromatic rings. The number of fused-ring (bicyclic) bond motifs is 1. The van der Waals surface area contributed by atoms with Gasteiger partial charge in [-0.2, -0.15) is 0 Å². The molecule has 6 heteroatoms. The van der Waals surface area contributed by atoms with E-state index in [1.54, 1.807) is 0 Å². The van der Waals surface area contributed by atoms with Crippen molar-refractivity contribution < 1.29 is 4.79 Å². The van der Waals surface area contributed by atoms with Crippen molar-refractivity contribution in [2.75, 3.05) is 18.4 Å². The first-order chi connectivity index (χ1) is 12.2. The van der Waals surface area contributed by atoms with Crippen molar-refractivity contribution in [2.45, 2.75) is 6.54 Å². The lowest BCUT2D eigenvalue weighted by Crippen LogP contribution is -2.23. The summed E-state index contributed by atoms with van der Waals surface area (Å²) in [6.07, 6.45) is 1.90. The first kappa shape index (κ1) is 15.9. The van der Waals surface area contributed by atoms with Gasteiger partial charge in [0.2, 0.25) is 0 Å². The van der Waals surface area contributed by atoms with Gasteiger partial charge in [0.25, 0.3) is 5.91 Å². The fourth-order valence-electron chi connectivity index (χ4n) is 3.01. The number of amidine groups is 1. The van der Waals surface area contributed by atoms with Crippen LogP contribution in [0.2, 0.25) is 0 Å². The minimum Gasteiger partial charge on any atom is -0.370 e. The lowest BCUT2D eigenvalue weighted by atomic mass is 10.1. The number of aromatic nitrogens is 1. The Morgan fingerprint density at radius 2 is 2.08 bits per heavy atom. The molecular weight excluding hydrogens is 380 g/mol. The Morgan fingerprint density at radius 3 is 2.84 bits per heavy atom. The fraction of sp³-hybridized carbons (Fsp3) is 0.158. The Balaban J connectivity index is 1.71. The zero-order chi connectivity index (χ0) is 17.2. The van der Waals surface area contributed by atoms with Crippen molar-refractivity contribution in [1.29, 1.82) is 0 Å². The molecule has 0 atom stereocenters. The summed E-state index contributed by atoms with van der Waals surface area (Å²) in [5, 5.41) is 7.17. The number of rotatable bonds is 4. The van der Waals surface area contributed by atoms with Crippen molar-refractivity contribution in [2.24, 2.45) is 4.99 Å². The Morgan fingerprint density at radius 1 is 1.24 bits per heavy atom. The van der Waals surface area contributed by atoms with Gasteiger partial charge in [-0.15, -0.1) is 0 Å². The van der Waals surface area contributed by atoms with Crippen LogP contribution in [0.1, 0.15) is 10.4 Å². The van der Waals surface area contributed by atoms with Gasteiger partial charge in [-0.05, 0) is 24.3 Å². The van der Waals surface area contributed by atoms with Crippen molar-refractivity contribution in [1.82, 2.24) is 9.88 Å². The van der Waals surface area contributed by atoms with Gasteiger partial charge in [0, 0.05) is 28.3 Å². The molecule has 1 aliphatic heterocycles. The van der Waals surface area contributed by atoms with E-state index in [2.05, 4.69) is 36.1 Å². The average molecular weight is 397 g/mol. The van der Waals surface area contributed by atoms with Crippen LogP contribution in [0.4, 0.5) is 5.69 Å². The minimum absolute atomic E-state index is 0.112. The highest BCUT2D eigenvalue weighted by Crippen LogP contribution is 2.26. The number of nitrogens with zero attached hydrogens (tertiary/aromatic N) is 2. The molecule has 1 aromatic heterocycles. The zero-order valence-corrected chi connectivity index (χ0v) is 15.1. The molecular formula is C19H17BrN4O. The highest BCUT2D eigenvalue weighted by Gasteiger charge is 2.17. The normalized spacial score (nSPS) is 13.6. The van der Waals surface area contributed by atoms with Crippen LogP contribution in [-0.2, 0) is 6.54 Å². The van der Waals surface area contributed by atoms with E-state index in [9.17, 15) is 4.79 Å². The predicted octanol–water partition coefficient (Wildman–Crippen LogP) is 3.66. The molecule has 1 amide bonds. The summed E-state index contributed by atoms with van der Waals surface area (Å²) in [6.45, 7) is 2.31. The maximum absolute atomic E-state index is 12.8. The van der Waals surface area contributed by atoms with Crippen molar-refractivity contribution in [3.63, 3.8) is 0 Å². The lowest BCUT2D eigenvalue weighted by molar-refractivity contribution is 0.102. The van der Waals surface area contributed by atoms with Gasteiger partial charge >= 0.3 is 0 Å². The molecule has 0 fully saturated rings. The second-order valence-electron chi connectivity index (χ2n) is 5.91. The van der Waals surface area contributed by atoms with Gasteiger partial charge in [-0.1, -0.05) is 40.2 Å². The van der Waals surface area contributed by atoms with E-state index < -0.39 is 0 Å². The number of aliphatic imine (C=N–C) groups is 1. The third kappa shape index (κ3) is 3.30. The third-order valence-corrected chi connectivity index (χ3v) is 4.68. The van der Waals surface area contributed by atoms with E-state index in [-0.39, 0.29) is 5.91 Å². The van der Waals surface area contributed by atoms with Crippen LogP contribution in [0.5, 0.6) is 0 Å². The number of hydrogen-bond acceptors (Lipinski definition) is 3. The molecule has 0 saturated heterocycles. The van der Waals surface area contributed by atoms with E-state index in [1.165, 1.54) is 0 Å². The average Bonchev–Trinajstić information content (AvgIpc) is 3.24. The molecule has 0 bridgehead atoms. The van der Waals surface area contributed by atoms with E-state index in [0.29, 0.717) is 12.1 Å². The summed E-state index contributed by atoms with van der Waals surface area (Å²) in [5.74, 6) is 0.838. The molecule has 25 heavy (non-hydrogen) atoms. The molecule has 2 N–H and O–H groups in total. The first-order valence-electron chi connectivity index (χ1n) is 8.13. The summed E-state index contributed by atoms with van der Waals surface area (Å²) in [4.78, 5) is 17.2. The van der Waals surface area contributed by atoms with Gasteiger partial charge < -0.3 is 15.2 Å². The molecule has 0 spiro atoms. The summed E-state index contributed by atoms with van der Waals surface area (Å²) in [7, 11) is 0. The maximum Gasteiger partial charge on any atom is 0.257 e. The van der Waals surface area contributed by atoms with Crippen LogP contribution in [0.3, 0.4) is 0 Å². The standard InChI is InChI=1S/C19H17BrN4O/c20-13-6-7-15-16(19(25)23-14-4-2-1-3-5-14)11-24(17(15)10-13)12-18-21-8-9-22-18/h1-7,10-11H,8-9,12H2,(H,21,22)(H,23,25). The molecule has 4 rings (SSSR count). The number of hydrogen-bond donors (Lipinski definition) is 2. The second kappa shape index (κ2) is 6.72. The molecule has 2 heterocycles. The van der Waals surface area contributed by atoms with Crippen LogP contribution in [0.25, 0.3) is 10.9 Å². The summed E-state index contributed by atoms with van der Waals surface area (Å²) in [6, 6.07) is 15.4. The van der Waals surface area contributed by atoms with Crippen LogP contribution in [0.15, 0.2) is 64.2 Å². The van der Waals surface area contributed by atoms with Crippen LogP contribution in [0, 0.1) is 0 Å². The van der Waals surface area contributed by atoms with E-state index in [0.717, 1.165) is 40.0 Å². The number of nitrogens with one attached hydrogen (secondary N) is 2. The van der Waals surface area contributed by atoms with Crippen molar-refractivity contribution >= 4 is 44.3 Å². The van der Waals surface area contributed by atoms with E-state index in [4.69, 9.17) is 0 Å². The number of anilines is 1. The smallest absolute Gasteiger partial charge is 0.257 e. The van der Waals surface area contributed by atoms with Crippen molar-refractivity contribution in [3.8, 4) is 0 Å². The first-order valence-corrected chi connectivity index (χ1v) is 8.92. The Hall–Kier alpha value is -2.60. The lowest BCUT2D eigenvalue weighted by Gasteiger charge is -2.06. The number of benzene rings is 2. The molecule has 0 saturated carbocycles. The molecule has 0 aliphatic carbocycles. The highest BCUT2D eigenvalue weighted by molar-refractivity contribution is 9.10. The Labute approximate surface area is 153 Å². The summed E-state index contributed by atoms with van der Waals surface area (Å²) < 4.78 is 3.05. The minimum atomic E-state index is -0.112. The van der Waals surface area contributed by atoms with Gasteiger partial charge in [0.1, 0.15) is 5.84 Å². The number of carbonyl (C=O) groups excluding carboxylic acids is 1. The highest BCUT2D eigenvalue weighted by atomic mass is 79.9. The van der Waals surface area contributed by atoms with E-state index >= 15 is 0 Å². The second-order valence-corrected chi connectivity index (χ2v) is 6.82. The third-order valence-electron chi connectivity index (χ3n) is 4.18. The Bertz CT molecular complexity index is 962. The quantitative estimate of drug-likeness (QED) is 0.706. The fourth-order valence-corrected chi connectivity index (χ4v) is 3.36. The topological polar surface area (TPSA) is 58.4 Å². The molecule has 0 radical (unpaired) electrons. The molecule has 2 aromatic carbocycles. The van der Waals surface area contributed by atoms with Gasteiger partial charge in [-0.3, -0.25) is 9.79 Å². The van der Waals surface area contributed by atoms with E-state index in [1.807, 2.05) is 54.7 Å². The van der Waals surface area contributed by atoms with Crippen LogP contribution in [-0.4, -0.2) is 29.4 Å². The predicted molar refractivity (Wildman–Crippen MR) is 104 cm³/mol. The van der Waals surface area contributed by atoms with Gasteiger partial charge in [0.05, 0.1) is 24.2 Å². The molecule has 126 valence electrons. The SMILES string of the molecule is O=C(Nc1ccccc1)c1cn(CC2=NCCN2)c2cc(Br)ccc12. The number of halogens is 1. The maximum atomic E-state index is 12.8. The Kier molecular flexibility index (Phi) is 4.28. The number of amides is 1.